The molecule has 0 aliphatic heterocycles. The molecule has 3 N–H and O–H groups in total. The molecule has 9 nitrogen and oxygen atoms in total. The number of primary amides is 1. The summed E-state index contributed by atoms with van der Waals surface area (Å²) in [7, 11) is 0. The van der Waals surface area contributed by atoms with Gasteiger partial charge in [0, 0.05) is 6.07 Å². The highest BCUT2D eigenvalue weighted by molar-refractivity contribution is 5.92. The molecule has 2 aromatic rings. The third-order valence-corrected chi connectivity index (χ3v) is 4.12. The summed E-state index contributed by atoms with van der Waals surface area (Å²) in [6.07, 6.45) is -0.182. The molecule has 0 saturated heterocycles. The van der Waals surface area contributed by atoms with Crippen molar-refractivity contribution in [3.05, 3.63) is 68.1 Å². The summed E-state index contributed by atoms with van der Waals surface area (Å²) >= 11 is 0. The fourth-order valence-electron chi connectivity index (χ4n) is 2.56. The zero-order valence-electron chi connectivity index (χ0n) is 15.9. The van der Waals surface area contributed by atoms with Gasteiger partial charge in [0.05, 0.1) is 17.7 Å². The largest absolute Gasteiger partial charge is 0.491 e. The first-order valence-corrected chi connectivity index (χ1v) is 8.59. The summed E-state index contributed by atoms with van der Waals surface area (Å²) in [5, 5.41) is 21.1. The topological polar surface area (TPSA) is 138 Å². The number of ether oxygens (including phenoxy) is 1. The molecular formula is C19H23N3O6. The Hall–Kier alpha value is -3.20. The number of amides is 1. The molecule has 1 amide bonds. The van der Waals surface area contributed by atoms with Crippen LogP contribution < -0.4 is 16.0 Å². The lowest BCUT2D eigenvalue weighted by atomic mass is 9.87. The summed E-state index contributed by atoms with van der Waals surface area (Å²) in [6, 6.07) is 8.22. The smallest absolute Gasteiger partial charge is 0.286 e. The lowest BCUT2D eigenvalue weighted by Gasteiger charge is -2.19. The molecule has 0 aliphatic carbocycles. The zero-order chi connectivity index (χ0) is 21.1. The number of nitrogens with zero attached hydrogens (tertiary/aromatic N) is 2. The zero-order valence-corrected chi connectivity index (χ0v) is 15.9. The van der Waals surface area contributed by atoms with Gasteiger partial charge in [-0.1, -0.05) is 32.9 Å². The van der Waals surface area contributed by atoms with Gasteiger partial charge in [-0.05, 0) is 23.1 Å². The first kappa shape index (κ1) is 21.1. The number of hydrogen-bond donors (Lipinski definition) is 2. The lowest BCUT2D eigenvalue weighted by Crippen LogP contribution is -2.34. The molecule has 0 fully saturated rings. The molecule has 28 heavy (non-hydrogen) atoms. The lowest BCUT2D eigenvalue weighted by molar-refractivity contribution is -0.385. The van der Waals surface area contributed by atoms with Crippen LogP contribution in [0.25, 0.3) is 0 Å². The molecule has 2 rings (SSSR count). The maximum absolute atomic E-state index is 12.2. The van der Waals surface area contributed by atoms with Crippen LogP contribution in [0.4, 0.5) is 5.69 Å². The average molecular weight is 389 g/mol. The quantitative estimate of drug-likeness (QED) is 0.545. The van der Waals surface area contributed by atoms with E-state index in [2.05, 4.69) is 20.8 Å². The number of rotatable bonds is 7. The Labute approximate surface area is 161 Å². The summed E-state index contributed by atoms with van der Waals surface area (Å²) in [5.41, 5.74) is 4.43. The third-order valence-electron chi connectivity index (χ3n) is 4.12. The van der Waals surface area contributed by atoms with Gasteiger partial charge in [0.2, 0.25) is 0 Å². The Balaban J connectivity index is 2.10. The highest BCUT2D eigenvalue weighted by atomic mass is 16.6. The number of pyridine rings is 1. The van der Waals surface area contributed by atoms with Crippen LogP contribution in [0.2, 0.25) is 0 Å². The molecule has 1 heterocycles. The van der Waals surface area contributed by atoms with E-state index in [-0.39, 0.29) is 18.6 Å². The van der Waals surface area contributed by atoms with Crippen molar-refractivity contribution < 1.29 is 19.6 Å². The van der Waals surface area contributed by atoms with Crippen molar-refractivity contribution in [1.29, 1.82) is 0 Å². The predicted molar refractivity (Wildman–Crippen MR) is 103 cm³/mol. The molecule has 0 spiro atoms. The molecule has 1 aromatic carbocycles. The Kier molecular flexibility index (Phi) is 6.19. The fraction of sp³-hybridized carbons (Fsp3) is 0.368. The van der Waals surface area contributed by atoms with Crippen LogP contribution >= 0.6 is 0 Å². The Morgan fingerprint density at radius 1 is 1.32 bits per heavy atom. The van der Waals surface area contributed by atoms with Crippen LogP contribution in [0, 0.1) is 10.1 Å². The second-order valence-corrected chi connectivity index (χ2v) is 7.43. The van der Waals surface area contributed by atoms with E-state index in [1.165, 1.54) is 0 Å². The highest BCUT2D eigenvalue weighted by Crippen LogP contribution is 2.24. The number of nitro groups is 1. The van der Waals surface area contributed by atoms with E-state index in [1.807, 2.05) is 12.1 Å². The molecule has 0 unspecified atom stereocenters. The van der Waals surface area contributed by atoms with E-state index in [0.29, 0.717) is 5.75 Å². The fourth-order valence-corrected chi connectivity index (χ4v) is 2.56. The van der Waals surface area contributed by atoms with Crippen molar-refractivity contribution in [2.45, 2.75) is 38.8 Å². The van der Waals surface area contributed by atoms with Gasteiger partial charge >= 0.3 is 0 Å². The molecule has 1 atom stereocenters. The highest BCUT2D eigenvalue weighted by Gasteiger charge is 2.19. The minimum atomic E-state index is -1.14. The van der Waals surface area contributed by atoms with E-state index in [9.17, 15) is 24.8 Å². The van der Waals surface area contributed by atoms with Crippen LogP contribution in [0.3, 0.4) is 0 Å². The van der Waals surface area contributed by atoms with E-state index >= 15 is 0 Å². The number of aliphatic hydroxyl groups is 1. The Morgan fingerprint density at radius 3 is 2.43 bits per heavy atom. The summed E-state index contributed by atoms with van der Waals surface area (Å²) in [4.78, 5) is 33.8. The van der Waals surface area contributed by atoms with Gasteiger partial charge in [-0.25, -0.2) is 0 Å². The summed E-state index contributed by atoms with van der Waals surface area (Å²) < 4.78 is 6.40. The van der Waals surface area contributed by atoms with Gasteiger partial charge in [0.15, 0.2) is 0 Å². The first-order valence-electron chi connectivity index (χ1n) is 8.59. The molecule has 0 bridgehead atoms. The second-order valence-electron chi connectivity index (χ2n) is 7.43. The van der Waals surface area contributed by atoms with Gasteiger partial charge in [-0.2, -0.15) is 0 Å². The van der Waals surface area contributed by atoms with Gasteiger partial charge in [0.1, 0.15) is 24.0 Å². The molecule has 0 radical (unpaired) electrons. The maximum Gasteiger partial charge on any atom is 0.286 e. The van der Waals surface area contributed by atoms with Crippen molar-refractivity contribution >= 4 is 11.6 Å². The third kappa shape index (κ3) is 5.17. The molecule has 150 valence electrons. The van der Waals surface area contributed by atoms with E-state index in [4.69, 9.17) is 10.5 Å². The number of carbonyl (C=O) groups is 1. The molecule has 1 aromatic heterocycles. The number of carbonyl (C=O) groups excluding carboxylic acids is 1. The SMILES string of the molecule is CC(C)(C)c1ccc(OC[C@@H](O)Cn2cc([N+](=O)[O-])cc(C(N)=O)c2=O)cc1. The van der Waals surface area contributed by atoms with E-state index < -0.39 is 33.7 Å². The molecule has 0 aliphatic rings. The number of aliphatic hydroxyl groups excluding tert-OH is 1. The van der Waals surface area contributed by atoms with E-state index in [0.717, 1.165) is 22.4 Å². The van der Waals surface area contributed by atoms with Crippen LogP contribution in [0.5, 0.6) is 5.75 Å². The summed E-state index contributed by atoms with van der Waals surface area (Å²) in [6.45, 7) is 5.83. The Morgan fingerprint density at radius 2 is 1.93 bits per heavy atom. The van der Waals surface area contributed by atoms with Crippen molar-refractivity contribution in [2.24, 2.45) is 5.73 Å². The van der Waals surface area contributed by atoms with Crippen LogP contribution in [0.1, 0.15) is 36.7 Å². The minimum Gasteiger partial charge on any atom is -0.491 e. The Bertz CT molecular complexity index is 928. The molecule has 0 saturated carbocycles. The van der Waals surface area contributed by atoms with Crippen molar-refractivity contribution in [3.63, 3.8) is 0 Å². The minimum absolute atomic E-state index is 0.000624. The number of benzene rings is 1. The van der Waals surface area contributed by atoms with Gasteiger partial charge in [-0.3, -0.25) is 19.7 Å². The van der Waals surface area contributed by atoms with Crippen LogP contribution in [0.15, 0.2) is 41.3 Å². The maximum atomic E-state index is 12.2. The first-order chi connectivity index (χ1) is 13.0. The predicted octanol–water partition coefficient (Wildman–Crippen LogP) is 1.59. The normalized spacial score (nSPS) is 12.4. The van der Waals surface area contributed by atoms with Crippen molar-refractivity contribution in [2.75, 3.05) is 6.61 Å². The second kappa shape index (κ2) is 8.22. The standard InChI is InChI=1S/C19H23N3O6/c1-19(2,3)12-4-6-15(7-5-12)28-11-14(23)10-21-9-13(22(26)27)8-16(17(20)24)18(21)25/h4-9,14,23H,10-11H2,1-3H3,(H2,20,24)/t14-/m0/s1. The van der Waals surface area contributed by atoms with Crippen LogP contribution in [-0.4, -0.2) is 33.2 Å². The van der Waals surface area contributed by atoms with Gasteiger partial charge in [-0.15, -0.1) is 0 Å². The van der Waals surface area contributed by atoms with Gasteiger partial charge in [0.25, 0.3) is 17.2 Å². The van der Waals surface area contributed by atoms with Crippen LogP contribution in [-0.2, 0) is 12.0 Å². The average Bonchev–Trinajstić information content (AvgIpc) is 2.60. The molecular weight excluding hydrogens is 366 g/mol. The number of hydrogen-bond acceptors (Lipinski definition) is 6. The van der Waals surface area contributed by atoms with Crippen molar-refractivity contribution in [1.82, 2.24) is 4.57 Å². The monoisotopic (exact) mass is 389 g/mol. The van der Waals surface area contributed by atoms with Gasteiger partial charge < -0.3 is 20.1 Å². The summed E-state index contributed by atoms with van der Waals surface area (Å²) in [5.74, 6) is -0.539. The number of aromatic nitrogens is 1. The number of nitrogens with two attached hydrogens (primary N) is 1. The van der Waals surface area contributed by atoms with Crippen molar-refractivity contribution in [3.8, 4) is 5.75 Å². The molecule has 9 heteroatoms. The van der Waals surface area contributed by atoms with E-state index in [1.54, 1.807) is 12.1 Å².